The molecule has 2 aliphatic rings. The van der Waals surface area contributed by atoms with Crippen molar-refractivity contribution >= 4 is 28.8 Å². The lowest BCUT2D eigenvalue weighted by Crippen LogP contribution is -2.46. The third-order valence-corrected chi connectivity index (χ3v) is 6.16. The van der Waals surface area contributed by atoms with Gasteiger partial charge in [0.2, 0.25) is 5.91 Å². The third kappa shape index (κ3) is 3.25. The Bertz CT molecular complexity index is 506. The predicted octanol–water partition coefficient (Wildman–Crippen LogP) is 3.10. The first-order valence-electron chi connectivity index (χ1n) is 7.57. The second kappa shape index (κ2) is 6.23. The molecule has 4 nitrogen and oxygen atoms in total. The maximum Gasteiger partial charge on any atom is 0.225 e. The third-order valence-electron chi connectivity index (χ3n) is 4.74. The van der Waals surface area contributed by atoms with Crippen molar-refractivity contribution in [3.05, 3.63) is 15.5 Å². The molecule has 2 fully saturated rings. The van der Waals surface area contributed by atoms with Crippen LogP contribution < -0.4 is 0 Å². The zero-order valence-electron chi connectivity index (χ0n) is 12.3. The van der Waals surface area contributed by atoms with Gasteiger partial charge in [-0.25, -0.2) is 4.98 Å². The van der Waals surface area contributed by atoms with E-state index in [4.69, 9.17) is 16.3 Å². The SMILES string of the molecule is CC1(c2ncc(Cl)s2)CCN(C(=O)C2CCOCC2)CC1. The monoisotopic (exact) mass is 328 g/mol. The fourth-order valence-corrected chi connectivity index (χ4v) is 4.28. The van der Waals surface area contributed by atoms with E-state index in [2.05, 4.69) is 11.9 Å². The lowest BCUT2D eigenvalue weighted by molar-refractivity contribution is -0.140. The summed E-state index contributed by atoms with van der Waals surface area (Å²) >= 11 is 7.57. The number of ether oxygens (including phenoxy) is 1. The first kappa shape index (κ1) is 15.3. The molecule has 1 aromatic heterocycles. The highest BCUT2D eigenvalue weighted by atomic mass is 35.5. The first-order chi connectivity index (χ1) is 10.1. The van der Waals surface area contributed by atoms with Gasteiger partial charge in [0.15, 0.2) is 0 Å². The molecule has 0 saturated carbocycles. The number of aromatic nitrogens is 1. The van der Waals surface area contributed by atoms with Crippen LogP contribution in [0.4, 0.5) is 0 Å². The zero-order valence-corrected chi connectivity index (χ0v) is 13.9. The van der Waals surface area contributed by atoms with E-state index >= 15 is 0 Å². The van der Waals surface area contributed by atoms with Crippen LogP contribution in [0.1, 0.15) is 37.6 Å². The second-order valence-electron chi connectivity index (χ2n) is 6.24. The Balaban J connectivity index is 1.60. The number of nitrogens with zero attached hydrogens (tertiary/aromatic N) is 2. The van der Waals surface area contributed by atoms with E-state index in [0.717, 1.165) is 61.3 Å². The summed E-state index contributed by atoms with van der Waals surface area (Å²) in [6, 6.07) is 0. The van der Waals surface area contributed by atoms with Crippen LogP contribution in [0, 0.1) is 5.92 Å². The standard InChI is InChI=1S/C15H21ClN2O2S/c1-15(14-17-10-12(16)21-14)4-6-18(7-5-15)13(19)11-2-8-20-9-3-11/h10-11H,2-9H2,1H3. The summed E-state index contributed by atoms with van der Waals surface area (Å²) < 4.78 is 6.08. The van der Waals surface area contributed by atoms with Crippen molar-refractivity contribution in [3.8, 4) is 0 Å². The predicted molar refractivity (Wildman–Crippen MR) is 83.8 cm³/mol. The summed E-state index contributed by atoms with van der Waals surface area (Å²) in [5, 5.41) is 1.10. The number of carbonyl (C=O) groups excluding carboxylic acids is 1. The summed E-state index contributed by atoms with van der Waals surface area (Å²) in [6.07, 6.45) is 5.40. The topological polar surface area (TPSA) is 42.4 Å². The maximum atomic E-state index is 12.5. The van der Waals surface area contributed by atoms with Crippen LogP contribution >= 0.6 is 22.9 Å². The Hall–Kier alpha value is -0.650. The molecular weight excluding hydrogens is 308 g/mol. The molecule has 0 spiro atoms. The van der Waals surface area contributed by atoms with Crippen LogP contribution in [-0.4, -0.2) is 42.1 Å². The van der Waals surface area contributed by atoms with E-state index in [1.807, 2.05) is 4.90 Å². The van der Waals surface area contributed by atoms with Gasteiger partial charge in [-0.05, 0) is 25.7 Å². The van der Waals surface area contributed by atoms with E-state index in [0.29, 0.717) is 5.91 Å². The van der Waals surface area contributed by atoms with E-state index in [9.17, 15) is 4.79 Å². The number of rotatable bonds is 2. The van der Waals surface area contributed by atoms with Crippen LogP contribution in [-0.2, 0) is 14.9 Å². The molecule has 0 atom stereocenters. The van der Waals surface area contributed by atoms with Gasteiger partial charge >= 0.3 is 0 Å². The molecule has 21 heavy (non-hydrogen) atoms. The molecular formula is C15H21ClN2O2S. The Morgan fingerprint density at radius 3 is 2.67 bits per heavy atom. The van der Waals surface area contributed by atoms with Gasteiger partial charge in [0, 0.05) is 37.6 Å². The van der Waals surface area contributed by atoms with Gasteiger partial charge in [0.25, 0.3) is 0 Å². The summed E-state index contributed by atoms with van der Waals surface area (Å²) in [4.78, 5) is 19.0. The van der Waals surface area contributed by atoms with E-state index in [1.54, 1.807) is 17.5 Å². The molecule has 6 heteroatoms. The minimum absolute atomic E-state index is 0.0598. The van der Waals surface area contributed by atoms with Gasteiger partial charge in [-0.1, -0.05) is 18.5 Å². The van der Waals surface area contributed by atoms with Crippen molar-refractivity contribution in [2.24, 2.45) is 5.92 Å². The zero-order chi connectivity index (χ0) is 14.9. The molecule has 0 bridgehead atoms. The van der Waals surface area contributed by atoms with Gasteiger partial charge < -0.3 is 9.64 Å². The van der Waals surface area contributed by atoms with Crippen LogP contribution in [0.25, 0.3) is 0 Å². The summed E-state index contributed by atoms with van der Waals surface area (Å²) in [5.74, 6) is 0.481. The Kier molecular flexibility index (Phi) is 4.52. The van der Waals surface area contributed by atoms with Crippen LogP contribution in [0.15, 0.2) is 6.20 Å². The highest BCUT2D eigenvalue weighted by molar-refractivity contribution is 7.15. The summed E-state index contributed by atoms with van der Waals surface area (Å²) in [6.45, 7) is 5.32. The molecule has 1 aromatic rings. The fourth-order valence-electron chi connectivity index (χ4n) is 3.17. The second-order valence-corrected chi connectivity index (χ2v) is 7.90. The number of hydrogen-bond acceptors (Lipinski definition) is 4. The van der Waals surface area contributed by atoms with Gasteiger partial charge in [-0.2, -0.15) is 0 Å². The molecule has 2 saturated heterocycles. The lowest BCUT2D eigenvalue weighted by atomic mass is 9.80. The molecule has 0 radical (unpaired) electrons. The molecule has 0 aromatic carbocycles. The van der Waals surface area contributed by atoms with Gasteiger partial charge in [-0.3, -0.25) is 4.79 Å². The van der Waals surface area contributed by atoms with Gasteiger partial charge in [-0.15, -0.1) is 11.3 Å². The number of hydrogen-bond donors (Lipinski definition) is 0. The number of likely N-dealkylation sites (tertiary alicyclic amines) is 1. The summed E-state index contributed by atoms with van der Waals surface area (Å²) in [7, 11) is 0. The number of amides is 1. The molecule has 0 aliphatic carbocycles. The average Bonchev–Trinajstić information content (AvgIpc) is 2.96. The van der Waals surface area contributed by atoms with E-state index in [-0.39, 0.29) is 11.3 Å². The minimum Gasteiger partial charge on any atom is -0.381 e. The minimum atomic E-state index is 0.0598. The Morgan fingerprint density at radius 2 is 2.10 bits per heavy atom. The average molecular weight is 329 g/mol. The van der Waals surface area contributed by atoms with Crippen molar-refractivity contribution in [2.75, 3.05) is 26.3 Å². The molecule has 3 heterocycles. The summed E-state index contributed by atoms with van der Waals surface area (Å²) in [5.41, 5.74) is 0.0598. The van der Waals surface area contributed by atoms with Crippen molar-refractivity contribution in [1.29, 1.82) is 0 Å². The number of thiazole rings is 1. The molecule has 116 valence electrons. The van der Waals surface area contributed by atoms with E-state index < -0.39 is 0 Å². The molecule has 0 N–H and O–H groups in total. The largest absolute Gasteiger partial charge is 0.381 e. The van der Waals surface area contributed by atoms with Crippen molar-refractivity contribution in [2.45, 2.75) is 38.0 Å². The van der Waals surface area contributed by atoms with Crippen molar-refractivity contribution < 1.29 is 9.53 Å². The Labute approximate surface area is 134 Å². The number of carbonyl (C=O) groups is 1. The highest BCUT2D eigenvalue weighted by Crippen LogP contribution is 2.38. The van der Waals surface area contributed by atoms with Gasteiger partial charge in [0.05, 0.1) is 6.20 Å². The van der Waals surface area contributed by atoms with Crippen LogP contribution in [0.3, 0.4) is 0 Å². The molecule has 3 rings (SSSR count). The van der Waals surface area contributed by atoms with Gasteiger partial charge in [0.1, 0.15) is 9.34 Å². The van der Waals surface area contributed by atoms with Crippen LogP contribution in [0.2, 0.25) is 4.34 Å². The first-order valence-corrected chi connectivity index (χ1v) is 8.76. The van der Waals surface area contributed by atoms with Crippen LogP contribution in [0.5, 0.6) is 0 Å². The number of piperidine rings is 1. The smallest absolute Gasteiger partial charge is 0.225 e. The maximum absolute atomic E-state index is 12.5. The quantitative estimate of drug-likeness (QED) is 0.837. The Morgan fingerprint density at radius 1 is 1.43 bits per heavy atom. The van der Waals surface area contributed by atoms with E-state index in [1.165, 1.54) is 0 Å². The molecule has 1 amide bonds. The van der Waals surface area contributed by atoms with Crippen molar-refractivity contribution in [3.63, 3.8) is 0 Å². The fraction of sp³-hybridized carbons (Fsp3) is 0.733. The molecule has 0 unspecified atom stereocenters. The highest BCUT2D eigenvalue weighted by Gasteiger charge is 2.37. The number of halogens is 1. The lowest BCUT2D eigenvalue weighted by Gasteiger charge is -2.39. The normalized spacial score (nSPS) is 23.2. The molecule has 2 aliphatic heterocycles. The van der Waals surface area contributed by atoms with Crippen molar-refractivity contribution in [1.82, 2.24) is 9.88 Å².